The summed E-state index contributed by atoms with van der Waals surface area (Å²) < 4.78 is 0. The maximum atomic E-state index is 4.31. The summed E-state index contributed by atoms with van der Waals surface area (Å²) in [6.07, 6.45) is 2.54. The van der Waals surface area contributed by atoms with Crippen molar-refractivity contribution in [2.45, 2.75) is 32.6 Å². The quantitative estimate of drug-likeness (QED) is 0.865. The number of hydrogen-bond acceptors (Lipinski definition) is 4. The van der Waals surface area contributed by atoms with Gasteiger partial charge in [0.2, 0.25) is 0 Å². The number of hydrogen-bond donors (Lipinski definition) is 1. The molecule has 1 fully saturated rings. The van der Waals surface area contributed by atoms with Crippen LogP contribution < -0.4 is 10.2 Å². The van der Waals surface area contributed by atoms with Crippen LogP contribution in [0.4, 0.5) is 5.82 Å². The lowest BCUT2D eigenvalue weighted by Crippen LogP contribution is -2.23. The Morgan fingerprint density at radius 3 is 2.78 bits per heavy atom. The Hall–Kier alpha value is -1.16. The van der Waals surface area contributed by atoms with Gasteiger partial charge in [0.25, 0.3) is 0 Å². The van der Waals surface area contributed by atoms with Gasteiger partial charge in [-0.25, -0.2) is 0 Å². The molecule has 1 aromatic rings. The summed E-state index contributed by atoms with van der Waals surface area (Å²) in [5.74, 6) is 2.25. The van der Waals surface area contributed by atoms with E-state index in [1.54, 1.807) is 0 Å². The molecular formula is C14H24N4. The van der Waals surface area contributed by atoms with Gasteiger partial charge >= 0.3 is 0 Å². The molecule has 1 aromatic heterocycles. The highest BCUT2D eigenvalue weighted by atomic mass is 15.2. The molecule has 0 spiro atoms. The molecule has 0 aromatic carbocycles. The van der Waals surface area contributed by atoms with Gasteiger partial charge in [0, 0.05) is 13.6 Å². The smallest absolute Gasteiger partial charge is 0.150 e. The van der Waals surface area contributed by atoms with Gasteiger partial charge in [0.15, 0.2) is 5.82 Å². The number of aromatic nitrogens is 2. The Morgan fingerprint density at radius 2 is 2.22 bits per heavy atom. The van der Waals surface area contributed by atoms with Crippen LogP contribution >= 0.6 is 0 Å². The Balaban J connectivity index is 1.85. The summed E-state index contributed by atoms with van der Waals surface area (Å²) in [5.41, 5.74) is 1.06. The second kappa shape index (κ2) is 6.14. The van der Waals surface area contributed by atoms with E-state index < -0.39 is 0 Å². The Labute approximate surface area is 110 Å². The molecule has 0 amide bonds. The molecule has 100 valence electrons. The highest BCUT2D eigenvalue weighted by molar-refractivity contribution is 5.36. The molecule has 1 unspecified atom stereocenters. The third-order valence-corrected chi connectivity index (χ3v) is 3.69. The SMILES string of the molecule is CC(C)c1ccc(N(C)CCC2CCNC2)nn1. The van der Waals surface area contributed by atoms with Crippen LogP contribution in [-0.4, -0.2) is 36.9 Å². The minimum absolute atomic E-state index is 0.446. The van der Waals surface area contributed by atoms with E-state index in [1.807, 2.05) is 0 Å². The highest BCUT2D eigenvalue weighted by Gasteiger charge is 2.15. The first-order valence-electron chi connectivity index (χ1n) is 6.92. The predicted molar refractivity (Wildman–Crippen MR) is 75.0 cm³/mol. The van der Waals surface area contributed by atoms with Crippen LogP contribution in [0, 0.1) is 5.92 Å². The van der Waals surface area contributed by atoms with Gasteiger partial charge in [-0.05, 0) is 49.9 Å². The molecule has 2 heterocycles. The summed E-state index contributed by atoms with van der Waals surface area (Å²) in [5, 5.41) is 12.0. The third kappa shape index (κ3) is 3.42. The van der Waals surface area contributed by atoms with Crippen LogP contribution in [0.1, 0.15) is 38.3 Å². The predicted octanol–water partition coefficient (Wildman–Crippen LogP) is 2.04. The molecule has 1 aliphatic heterocycles. The molecule has 1 N–H and O–H groups in total. The molecule has 2 rings (SSSR count). The summed E-state index contributed by atoms with van der Waals surface area (Å²) in [6.45, 7) is 7.69. The first-order valence-corrected chi connectivity index (χ1v) is 6.92. The van der Waals surface area contributed by atoms with Crippen LogP contribution in [-0.2, 0) is 0 Å². The Bertz CT molecular complexity index is 355. The average Bonchev–Trinajstić information content (AvgIpc) is 2.89. The van der Waals surface area contributed by atoms with Crippen molar-refractivity contribution in [2.75, 3.05) is 31.6 Å². The Morgan fingerprint density at radius 1 is 1.39 bits per heavy atom. The second-order valence-corrected chi connectivity index (χ2v) is 5.54. The van der Waals surface area contributed by atoms with Crippen LogP contribution in [0.25, 0.3) is 0 Å². The minimum atomic E-state index is 0.446. The zero-order valence-corrected chi connectivity index (χ0v) is 11.7. The van der Waals surface area contributed by atoms with Crippen LogP contribution in [0.2, 0.25) is 0 Å². The molecule has 1 saturated heterocycles. The largest absolute Gasteiger partial charge is 0.358 e. The molecule has 4 heteroatoms. The fraction of sp³-hybridized carbons (Fsp3) is 0.714. The summed E-state index contributed by atoms with van der Waals surface area (Å²) in [6, 6.07) is 4.16. The van der Waals surface area contributed by atoms with E-state index in [0.29, 0.717) is 5.92 Å². The molecule has 18 heavy (non-hydrogen) atoms. The lowest BCUT2D eigenvalue weighted by Gasteiger charge is -2.19. The van der Waals surface area contributed by atoms with Crippen molar-refractivity contribution >= 4 is 5.82 Å². The minimum Gasteiger partial charge on any atom is -0.358 e. The van der Waals surface area contributed by atoms with Crippen molar-refractivity contribution in [1.29, 1.82) is 0 Å². The van der Waals surface area contributed by atoms with E-state index in [1.165, 1.54) is 25.9 Å². The number of rotatable bonds is 5. The van der Waals surface area contributed by atoms with Gasteiger partial charge in [-0.2, -0.15) is 5.10 Å². The molecule has 1 atom stereocenters. The summed E-state index contributed by atoms with van der Waals surface area (Å²) >= 11 is 0. The van der Waals surface area contributed by atoms with E-state index in [9.17, 15) is 0 Å². The molecule has 0 radical (unpaired) electrons. The van der Waals surface area contributed by atoms with Crippen molar-refractivity contribution < 1.29 is 0 Å². The monoisotopic (exact) mass is 248 g/mol. The van der Waals surface area contributed by atoms with Crippen molar-refractivity contribution in [3.63, 3.8) is 0 Å². The van der Waals surface area contributed by atoms with Crippen molar-refractivity contribution in [1.82, 2.24) is 15.5 Å². The first-order chi connectivity index (χ1) is 8.66. The van der Waals surface area contributed by atoms with E-state index in [-0.39, 0.29) is 0 Å². The van der Waals surface area contributed by atoms with Crippen LogP contribution in [0.15, 0.2) is 12.1 Å². The van der Waals surface area contributed by atoms with Gasteiger partial charge < -0.3 is 10.2 Å². The maximum Gasteiger partial charge on any atom is 0.150 e. The zero-order valence-electron chi connectivity index (χ0n) is 11.7. The fourth-order valence-corrected chi connectivity index (χ4v) is 2.30. The van der Waals surface area contributed by atoms with Gasteiger partial charge in [-0.1, -0.05) is 13.8 Å². The Kier molecular flexibility index (Phi) is 4.53. The molecule has 0 bridgehead atoms. The van der Waals surface area contributed by atoms with Crippen LogP contribution in [0.3, 0.4) is 0 Å². The van der Waals surface area contributed by atoms with E-state index in [2.05, 4.69) is 53.4 Å². The van der Waals surface area contributed by atoms with Crippen molar-refractivity contribution in [3.8, 4) is 0 Å². The normalized spacial score (nSPS) is 19.4. The molecule has 1 aliphatic rings. The summed E-state index contributed by atoms with van der Waals surface area (Å²) in [4.78, 5) is 2.20. The van der Waals surface area contributed by atoms with Gasteiger partial charge in [0.1, 0.15) is 0 Å². The van der Waals surface area contributed by atoms with Gasteiger partial charge in [-0.15, -0.1) is 5.10 Å². The summed E-state index contributed by atoms with van der Waals surface area (Å²) in [7, 11) is 2.10. The number of anilines is 1. The maximum absolute atomic E-state index is 4.31. The van der Waals surface area contributed by atoms with Gasteiger partial charge in [0.05, 0.1) is 5.69 Å². The topological polar surface area (TPSA) is 41.0 Å². The molecule has 0 aliphatic carbocycles. The average molecular weight is 248 g/mol. The highest BCUT2D eigenvalue weighted by Crippen LogP contribution is 2.16. The number of nitrogens with zero attached hydrogens (tertiary/aromatic N) is 3. The molecule has 4 nitrogen and oxygen atoms in total. The zero-order chi connectivity index (χ0) is 13.0. The van der Waals surface area contributed by atoms with Gasteiger partial charge in [-0.3, -0.25) is 0 Å². The van der Waals surface area contributed by atoms with E-state index in [0.717, 1.165) is 24.0 Å². The van der Waals surface area contributed by atoms with Crippen molar-refractivity contribution in [3.05, 3.63) is 17.8 Å². The van der Waals surface area contributed by atoms with Crippen LogP contribution in [0.5, 0.6) is 0 Å². The molecular weight excluding hydrogens is 224 g/mol. The molecule has 0 saturated carbocycles. The lowest BCUT2D eigenvalue weighted by atomic mass is 10.1. The standard InChI is InChI=1S/C14H24N4/c1-11(2)13-4-5-14(17-16-13)18(3)9-7-12-6-8-15-10-12/h4-5,11-12,15H,6-10H2,1-3H3. The fourth-order valence-electron chi connectivity index (χ4n) is 2.30. The number of nitrogens with one attached hydrogen (secondary N) is 1. The van der Waals surface area contributed by atoms with E-state index in [4.69, 9.17) is 0 Å². The van der Waals surface area contributed by atoms with Crippen molar-refractivity contribution in [2.24, 2.45) is 5.92 Å². The second-order valence-electron chi connectivity index (χ2n) is 5.54. The first kappa shape index (κ1) is 13.3. The lowest BCUT2D eigenvalue weighted by molar-refractivity contribution is 0.532. The van der Waals surface area contributed by atoms with E-state index >= 15 is 0 Å². The third-order valence-electron chi connectivity index (χ3n) is 3.69.